The van der Waals surface area contributed by atoms with Crippen molar-refractivity contribution in [3.8, 4) is 5.75 Å². The number of ether oxygens (including phenoxy) is 1. The lowest BCUT2D eigenvalue weighted by Crippen LogP contribution is -2.36. The molecule has 1 aromatic carbocycles. The molecule has 0 aromatic heterocycles. The average Bonchev–Trinajstić information content (AvgIpc) is 2.28. The third-order valence-corrected chi connectivity index (χ3v) is 2.69. The van der Waals surface area contributed by atoms with Crippen LogP contribution in [0.3, 0.4) is 0 Å². The summed E-state index contributed by atoms with van der Waals surface area (Å²) in [5.41, 5.74) is 0.569. The van der Waals surface area contributed by atoms with Gasteiger partial charge in [0.25, 0.3) is 0 Å². The maximum absolute atomic E-state index is 11.8. The van der Waals surface area contributed by atoms with Gasteiger partial charge in [-0.1, -0.05) is 27.5 Å². The van der Waals surface area contributed by atoms with Crippen molar-refractivity contribution < 1.29 is 4.74 Å². The first kappa shape index (κ1) is 9.27. The van der Waals surface area contributed by atoms with Gasteiger partial charge in [-0.15, -0.1) is 0 Å². The highest BCUT2D eigenvalue weighted by Crippen LogP contribution is 2.44. The van der Waals surface area contributed by atoms with Crippen LogP contribution in [-0.4, -0.2) is 13.8 Å². The van der Waals surface area contributed by atoms with Crippen molar-refractivity contribution in [3.05, 3.63) is 26.8 Å². The summed E-state index contributed by atoms with van der Waals surface area (Å²) in [7, 11) is 1.54. The molecule has 0 spiro atoms. The molecule has 1 aromatic rings. The molecule has 0 saturated heterocycles. The molecule has 0 radical (unpaired) electrons. The standard InChI is InChI=1S/C8H7BrClNO2/c1-11(12)4-13-8-6(10)2-5(9)3-7(8)11/h2-3H,4H2,1H3. The molecule has 3 nitrogen and oxygen atoms in total. The van der Waals surface area contributed by atoms with Crippen molar-refractivity contribution in [3.63, 3.8) is 0 Å². The summed E-state index contributed by atoms with van der Waals surface area (Å²) in [4.78, 5) is 0. The van der Waals surface area contributed by atoms with E-state index in [9.17, 15) is 5.21 Å². The number of rotatable bonds is 0. The summed E-state index contributed by atoms with van der Waals surface area (Å²) in [6.45, 7) is 0.0888. The predicted octanol–water partition coefficient (Wildman–Crippen LogP) is 2.89. The molecule has 1 aliphatic heterocycles. The molecule has 5 heteroatoms. The summed E-state index contributed by atoms with van der Waals surface area (Å²) >= 11 is 9.18. The van der Waals surface area contributed by atoms with Gasteiger partial charge in [0.2, 0.25) is 12.5 Å². The molecule has 1 heterocycles. The van der Waals surface area contributed by atoms with Crippen molar-refractivity contribution in [1.29, 1.82) is 0 Å². The lowest BCUT2D eigenvalue weighted by molar-refractivity contribution is 0.246. The first-order valence-corrected chi connectivity index (χ1v) is 4.87. The summed E-state index contributed by atoms with van der Waals surface area (Å²) in [6.07, 6.45) is 0. The van der Waals surface area contributed by atoms with E-state index >= 15 is 0 Å². The molecule has 0 aliphatic carbocycles. The van der Waals surface area contributed by atoms with Gasteiger partial charge in [0.05, 0.1) is 12.1 Å². The van der Waals surface area contributed by atoms with Crippen molar-refractivity contribution >= 4 is 33.2 Å². The van der Waals surface area contributed by atoms with E-state index in [0.717, 1.165) is 4.47 Å². The molecule has 1 aliphatic rings. The van der Waals surface area contributed by atoms with E-state index in [-0.39, 0.29) is 6.73 Å². The van der Waals surface area contributed by atoms with Crippen LogP contribution in [0.4, 0.5) is 5.69 Å². The van der Waals surface area contributed by atoms with Crippen molar-refractivity contribution in [2.45, 2.75) is 0 Å². The van der Waals surface area contributed by atoms with Gasteiger partial charge >= 0.3 is 0 Å². The molecule has 13 heavy (non-hydrogen) atoms. The topological polar surface area (TPSA) is 32.3 Å². The quantitative estimate of drug-likeness (QED) is 0.533. The Morgan fingerprint density at radius 1 is 1.62 bits per heavy atom. The number of fused-ring (bicyclic) bond motifs is 1. The van der Waals surface area contributed by atoms with Gasteiger partial charge in [0.15, 0.2) is 5.69 Å². The number of nitrogens with zero attached hydrogens (tertiary/aromatic N) is 1. The SMILES string of the molecule is C[N+]1([O-])COc2c(Cl)cc(Br)cc21. The minimum atomic E-state index is -0.533. The van der Waals surface area contributed by atoms with E-state index in [2.05, 4.69) is 15.9 Å². The van der Waals surface area contributed by atoms with Crippen LogP contribution in [0.15, 0.2) is 16.6 Å². The van der Waals surface area contributed by atoms with Crippen LogP contribution < -0.4 is 9.38 Å². The van der Waals surface area contributed by atoms with Gasteiger partial charge in [-0.05, 0) is 6.07 Å². The monoisotopic (exact) mass is 263 g/mol. The minimum Gasteiger partial charge on any atom is -0.625 e. The van der Waals surface area contributed by atoms with Gasteiger partial charge in [0, 0.05) is 10.5 Å². The van der Waals surface area contributed by atoms with Crippen LogP contribution in [-0.2, 0) is 0 Å². The second-order valence-electron chi connectivity index (χ2n) is 3.11. The Bertz CT molecular complexity index is 367. The molecule has 2 rings (SSSR count). The lowest BCUT2D eigenvalue weighted by atomic mass is 10.3. The Morgan fingerprint density at radius 2 is 2.31 bits per heavy atom. The summed E-state index contributed by atoms with van der Waals surface area (Å²) < 4.78 is 5.47. The van der Waals surface area contributed by atoms with Gasteiger partial charge in [-0.25, -0.2) is 0 Å². The highest BCUT2D eigenvalue weighted by molar-refractivity contribution is 9.10. The molecule has 1 unspecified atom stereocenters. The Hall–Kier alpha value is -0.290. The summed E-state index contributed by atoms with van der Waals surface area (Å²) in [5, 5.41) is 12.2. The van der Waals surface area contributed by atoms with E-state index in [1.54, 1.807) is 12.1 Å². The zero-order valence-corrected chi connectivity index (χ0v) is 9.22. The van der Waals surface area contributed by atoms with Crippen LogP contribution >= 0.6 is 27.5 Å². The third-order valence-electron chi connectivity index (χ3n) is 1.95. The van der Waals surface area contributed by atoms with Crippen LogP contribution in [0.25, 0.3) is 0 Å². The van der Waals surface area contributed by atoms with Crippen molar-refractivity contribution in [1.82, 2.24) is 4.65 Å². The second-order valence-corrected chi connectivity index (χ2v) is 4.43. The largest absolute Gasteiger partial charge is 0.625 e. The Labute approximate surface area is 89.2 Å². The molecular formula is C8H7BrClNO2. The molecule has 70 valence electrons. The number of quaternary nitrogens is 1. The second kappa shape index (κ2) is 2.85. The van der Waals surface area contributed by atoms with E-state index in [1.165, 1.54) is 7.05 Å². The van der Waals surface area contributed by atoms with E-state index < -0.39 is 4.65 Å². The smallest absolute Gasteiger partial charge is 0.228 e. The molecule has 0 fully saturated rings. The summed E-state index contributed by atoms with van der Waals surface area (Å²) in [6, 6.07) is 3.45. The first-order chi connectivity index (χ1) is 6.00. The fourth-order valence-electron chi connectivity index (χ4n) is 1.30. The minimum absolute atomic E-state index is 0.0888. The van der Waals surface area contributed by atoms with E-state index in [4.69, 9.17) is 16.3 Å². The summed E-state index contributed by atoms with van der Waals surface area (Å²) in [5.74, 6) is 0.502. The van der Waals surface area contributed by atoms with Gasteiger partial charge < -0.3 is 9.94 Å². The Kier molecular flexibility index (Phi) is 2.03. The fourth-order valence-corrected chi connectivity index (χ4v) is 2.14. The normalized spacial score (nSPS) is 25.5. The van der Waals surface area contributed by atoms with Crippen molar-refractivity contribution in [2.75, 3.05) is 13.8 Å². The maximum atomic E-state index is 11.8. The number of halogens is 2. The zero-order valence-electron chi connectivity index (χ0n) is 6.88. The van der Waals surface area contributed by atoms with Crippen molar-refractivity contribution in [2.24, 2.45) is 0 Å². The highest BCUT2D eigenvalue weighted by atomic mass is 79.9. The third kappa shape index (κ3) is 1.44. The van der Waals surface area contributed by atoms with E-state index in [1.807, 2.05) is 0 Å². The van der Waals surface area contributed by atoms with Crippen LogP contribution in [0.1, 0.15) is 0 Å². The predicted molar refractivity (Wildman–Crippen MR) is 55.7 cm³/mol. The zero-order chi connectivity index (χ0) is 9.64. The number of hydroxylamine groups is 2. The van der Waals surface area contributed by atoms with Crippen LogP contribution in [0.2, 0.25) is 5.02 Å². The number of hydrogen-bond acceptors (Lipinski definition) is 2. The highest BCUT2D eigenvalue weighted by Gasteiger charge is 2.30. The molecule has 0 saturated carbocycles. The fraction of sp³-hybridized carbons (Fsp3) is 0.250. The first-order valence-electron chi connectivity index (χ1n) is 3.70. The number of benzene rings is 1. The molecule has 0 N–H and O–H groups in total. The average molecular weight is 265 g/mol. The van der Waals surface area contributed by atoms with Gasteiger partial charge in [-0.3, -0.25) is 4.65 Å². The Balaban J connectivity index is 2.65. The van der Waals surface area contributed by atoms with Gasteiger partial charge in [-0.2, -0.15) is 0 Å². The van der Waals surface area contributed by atoms with E-state index in [0.29, 0.717) is 16.5 Å². The molecule has 1 atom stereocenters. The maximum Gasteiger partial charge on any atom is 0.228 e. The Morgan fingerprint density at radius 3 is 3.00 bits per heavy atom. The van der Waals surface area contributed by atoms with Crippen LogP contribution in [0, 0.1) is 5.21 Å². The lowest BCUT2D eigenvalue weighted by Gasteiger charge is -2.30. The number of hydrogen-bond donors (Lipinski definition) is 0. The molecule has 0 bridgehead atoms. The van der Waals surface area contributed by atoms with Gasteiger partial charge in [0.1, 0.15) is 0 Å². The molecule has 0 amide bonds. The van der Waals surface area contributed by atoms with Crippen LogP contribution in [0.5, 0.6) is 5.75 Å². The molecular weight excluding hydrogens is 257 g/mol.